The van der Waals surface area contributed by atoms with Crippen molar-refractivity contribution in [3.05, 3.63) is 28.8 Å². The molecule has 2 fully saturated rings. The standard InChI is InChI=1S/C16H20N2O2/c1-9-6-10(2)15(11(3)7-9)17-13-8-14(19)18(16(13)20)12-4-5-12/h6-7,12-13,17H,4-5,8H2,1-3H3. The van der Waals surface area contributed by atoms with E-state index in [0.29, 0.717) is 0 Å². The Bertz CT molecular complexity index is 567. The van der Waals surface area contributed by atoms with Gasteiger partial charge in [-0.25, -0.2) is 0 Å². The smallest absolute Gasteiger partial charge is 0.252 e. The summed E-state index contributed by atoms with van der Waals surface area (Å²) in [5, 5.41) is 3.29. The van der Waals surface area contributed by atoms with Gasteiger partial charge >= 0.3 is 0 Å². The van der Waals surface area contributed by atoms with Gasteiger partial charge < -0.3 is 5.32 Å². The molecule has 1 atom stereocenters. The fourth-order valence-corrected chi connectivity index (χ4v) is 3.06. The number of nitrogens with one attached hydrogen (secondary N) is 1. The molecule has 4 nitrogen and oxygen atoms in total. The summed E-state index contributed by atoms with van der Waals surface area (Å²) >= 11 is 0. The van der Waals surface area contributed by atoms with Crippen molar-refractivity contribution in [1.29, 1.82) is 0 Å². The maximum Gasteiger partial charge on any atom is 0.252 e. The van der Waals surface area contributed by atoms with Crippen molar-refractivity contribution in [3.63, 3.8) is 0 Å². The molecule has 1 aromatic rings. The van der Waals surface area contributed by atoms with Crippen LogP contribution in [-0.4, -0.2) is 28.8 Å². The zero-order valence-electron chi connectivity index (χ0n) is 12.2. The third-order valence-electron chi connectivity index (χ3n) is 4.09. The van der Waals surface area contributed by atoms with Crippen molar-refractivity contribution in [3.8, 4) is 0 Å². The summed E-state index contributed by atoms with van der Waals surface area (Å²) in [6.07, 6.45) is 2.21. The molecule has 0 aromatic heterocycles. The number of imide groups is 1. The van der Waals surface area contributed by atoms with Gasteiger partial charge in [-0.1, -0.05) is 17.7 Å². The summed E-state index contributed by atoms with van der Waals surface area (Å²) in [5.41, 5.74) is 4.43. The first-order valence-electron chi connectivity index (χ1n) is 7.17. The second-order valence-corrected chi connectivity index (χ2v) is 6.01. The molecule has 1 aliphatic carbocycles. The average Bonchev–Trinajstić information content (AvgIpc) is 3.12. The molecule has 1 unspecified atom stereocenters. The van der Waals surface area contributed by atoms with Crippen LogP contribution in [0.25, 0.3) is 0 Å². The Balaban J connectivity index is 1.82. The highest BCUT2D eigenvalue weighted by atomic mass is 16.2. The lowest BCUT2D eigenvalue weighted by Crippen LogP contribution is -2.36. The van der Waals surface area contributed by atoms with Crippen LogP contribution in [0.3, 0.4) is 0 Å². The van der Waals surface area contributed by atoms with Crippen LogP contribution in [0.15, 0.2) is 12.1 Å². The van der Waals surface area contributed by atoms with Crippen LogP contribution in [0, 0.1) is 20.8 Å². The van der Waals surface area contributed by atoms with Crippen molar-refractivity contribution >= 4 is 17.5 Å². The van der Waals surface area contributed by atoms with Gasteiger partial charge in [-0.05, 0) is 44.7 Å². The molecular weight excluding hydrogens is 252 g/mol. The summed E-state index contributed by atoms with van der Waals surface area (Å²) in [4.78, 5) is 25.8. The number of rotatable bonds is 3. The van der Waals surface area contributed by atoms with E-state index in [4.69, 9.17) is 0 Å². The highest BCUT2D eigenvalue weighted by Crippen LogP contribution is 2.33. The first-order chi connectivity index (χ1) is 9.47. The molecule has 4 heteroatoms. The molecular formula is C16H20N2O2. The third kappa shape index (κ3) is 2.19. The molecule has 0 radical (unpaired) electrons. The number of likely N-dealkylation sites (tertiary alicyclic amines) is 1. The third-order valence-corrected chi connectivity index (χ3v) is 4.09. The lowest BCUT2D eigenvalue weighted by atomic mass is 10.0. The van der Waals surface area contributed by atoms with E-state index in [1.165, 1.54) is 10.5 Å². The van der Waals surface area contributed by atoms with Crippen LogP contribution >= 0.6 is 0 Å². The molecule has 1 saturated heterocycles. The summed E-state index contributed by atoms with van der Waals surface area (Å²) in [7, 11) is 0. The van der Waals surface area contributed by atoms with Gasteiger partial charge in [0.25, 0.3) is 5.91 Å². The number of amides is 2. The van der Waals surface area contributed by atoms with Gasteiger partial charge in [-0.2, -0.15) is 0 Å². The van der Waals surface area contributed by atoms with Crippen LogP contribution in [0.5, 0.6) is 0 Å². The molecule has 1 heterocycles. The average molecular weight is 272 g/mol. The normalized spacial score (nSPS) is 22.6. The second kappa shape index (κ2) is 4.62. The number of hydrogen-bond acceptors (Lipinski definition) is 3. The number of carbonyl (C=O) groups excluding carboxylic acids is 2. The molecule has 0 bridgehead atoms. The fraction of sp³-hybridized carbons (Fsp3) is 0.500. The van der Waals surface area contributed by atoms with E-state index in [9.17, 15) is 9.59 Å². The maximum absolute atomic E-state index is 12.3. The minimum atomic E-state index is -0.400. The predicted molar refractivity (Wildman–Crippen MR) is 77.6 cm³/mol. The summed E-state index contributed by atoms with van der Waals surface area (Å²) < 4.78 is 0. The topological polar surface area (TPSA) is 49.4 Å². The van der Waals surface area contributed by atoms with Crippen molar-refractivity contribution in [2.75, 3.05) is 5.32 Å². The van der Waals surface area contributed by atoms with Crippen molar-refractivity contribution < 1.29 is 9.59 Å². The van der Waals surface area contributed by atoms with Gasteiger partial charge in [0.2, 0.25) is 5.91 Å². The number of hydrogen-bond donors (Lipinski definition) is 1. The Morgan fingerprint density at radius 3 is 2.25 bits per heavy atom. The molecule has 20 heavy (non-hydrogen) atoms. The van der Waals surface area contributed by atoms with Crippen LogP contribution in [0.2, 0.25) is 0 Å². The number of anilines is 1. The van der Waals surface area contributed by atoms with Crippen molar-refractivity contribution in [2.45, 2.75) is 52.1 Å². The number of aryl methyl sites for hydroxylation is 3. The van der Waals surface area contributed by atoms with Crippen LogP contribution < -0.4 is 5.32 Å². The summed E-state index contributed by atoms with van der Waals surface area (Å²) in [5.74, 6) is -0.0886. The minimum Gasteiger partial charge on any atom is -0.373 e. The van der Waals surface area contributed by atoms with Crippen LogP contribution in [0.4, 0.5) is 5.69 Å². The Morgan fingerprint density at radius 2 is 1.70 bits per heavy atom. The molecule has 3 rings (SSSR count). The zero-order chi connectivity index (χ0) is 14.4. The lowest BCUT2D eigenvalue weighted by Gasteiger charge is -2.18. The maximum atomic E-state index is 12.3. The SMILES string of the molecule is Cc1cc(C)c(NC2CC(=O)N(C3CC3)C2=O)c(C)c1. The first-order valence-corrected chi connectivity index (χ1v) is 7.17. The molecule has 1 N–H and O–H groups in total. The van der Waals surface area contributed by atoms with Crippen molar-refractivity contribution in [2.24, 2.45) is 0 Å². The lowest BCUT2D eigenvalue weighted by molar-refractivity contribution is -0.139. The van der Waals surface area contributed by atoms with E-state index in [1.807, 2.05) is 13.8 Å². The number of nitrogens with zero attached hydrogens (tertiary/aromatic N) is 1. The van der Waals surface area contributed by atoms with Gasteiger partial charge in [0.15, 0.2) is 0 Å². The van der Waals surface area contributed by atoms with Gasteiger partial charge in [-0.15, -0.1) is 0 Å². The minimum absolute atomic E-state index is 0.0302. The van der Waals surface area contributed by atoms with E-state index in [-0.39, 0.29) is 24.3 Å². The van der Waals surface area contributed by atoms with E-state index in [0.717, 1.165) is 29.7 Å². The van der Waals surface area contributed by atoms with E-state index in [2.05, 4.69) is 24.4 Å². The summed E-state index contributed by atoms with van der Waals surface area (Å²) in [6.45, 7) is 6.12. The Hall–Kier alpha value is -1.84. The van der Waals surface area contributed by atoms with E-state index >= 15 is 0 Å². The fourth-order valence-electron chi connectivity index (χ4n) is 3.06. The Kier molecular flexibility index (Phi) is 3.04. The Labute approximate surface area is 119 Å². The molecule has 2 aliphatic rings. The van der Waals surface area contributed by atoms with Gasteiger partial charge in [0.1, 0.15) is 6.04 Å². The van der Waals surface area contributed by atoms with Crippen LogP contribution in [-0.2, 0) is 9.59 Å². The first kappa shape index (κ1) is 13.2. The highest BCUT2D eigenvalue weighted by molar-refractivity contribution is 6.07. The van der Waals surface area contributed by atoms with Crippen molar-refractivity contribution in [1.82, 2.24) is 4.90 Å². The zero-order valence-corrected chi connectivity index (χ0v) is 12.2. The second-order valence-electron chi connectivity index (χ2n) is 6.01. The van der Waals surface area contributed by atoms with Gasteiger partial charge in [0, 0.05) is 11.7 Å². The largest absolute Gasteiger partial charge is 0.373 e. The van der Waals surface area contributed by atoms with E-state index < -0.39 is 6.04 Å². The predicted octanol–water partition coefficient (Wildman–Crippen LogP) is 2.31. The quantitative estimate of drug-likeness (QED) is 0.859. The molecule has 1 aliphatic heterocycles. The molecule has 0 spiro atoms. The molecule has 1 aromatic carbocycles. The molecule has 106 valence electrons. The molecule has 2 amide bonds. The number of carbonyl (C=O) groups is 2. The van der Waals surface area contributed by atoms with E-state index in [1.54, 1.807) is 0 Å². The highest BCUT2D eigenvalue weighted by Gasteiger charge is 2.46. The number of benzene rings is 1. The van der Waals surface area contributed by atoms with Gasteiger partial charge in [0.05, 0.1) is 6.42 Å². The Morgan fingerprint density at radius 1 is 1.10 bits per heavy atom. The van der Waals surface area contributed by atoms with Gasteiger partial charge in [-0.3, -0.25) is 14.5 Å². The molecule has 1 saturated carbocycles. The monoisotopic (exact) mass is 272 g/mol. The van der Waals surface area contributed by atoms with Crippen LogP contribution in [0.1, 0.15) is 36.0 Å². The summed E-state index contributed by atoms with van der Waals surface area (Å²) in [6, 6.07) is 3.95.